The molecule has 0 aromatic carbocycles. The fraction of sp³-hybridized carbons (Fsp3) is 0.667. The molecule has 0 bridgehead atoms. The van der Waals surface area contributed by atoms with Crippen molar-refractivity contribution in [2.75, 3.05) is 39.6 Å². The third-order valence-electron chi connectivity index (χ3n) is 1.81. The van der Waals surface area contributed by atoms with Crippen molar-refractivity contribution >= 4 is 0 Å². The Balaban J connectivity index is 3.74. The van der Waals surface area contributed by atoms with Gasteiger partial charge in [0, 0.05) is 0 Å². The highest BCUT2D eigenvalue weighted by Gasteiger charge is 2.10. The molecule has 17 heavy (non-hydrogen) atoms. The lowest BCUT2D eigenvalue weighted by Gasteiger charge is -2.18. The third kappa shape index (κ3) is 10.2. The van der Waals surface area contributed by atoms with Crippen LogP contribution in [0.15, 0.2) is 25.3 Å². The van der Waals surface area contributed by atoms with E-state index in [9.17, 15) is 0 Å². The Kier molecular flexibility index (Phi) is 11.3. The van der Waals surface area contributed by atoms with Crippen LogP contribution in [-0.2, 0) is 14.2 Å². The zero-order chi connectivity index (χ0) is 12.9. The smallest absolute Gasteiger partial charge is 0.105 e. The molecule has 5 heteroatoms. The number of hydrogen-bond donors (Lipinski definition) is 2. The Bertz CT molecular complexity index is 195. The van der Waals surface area contributed by atoms with E-state index >= 15 is 0 Å². The van der Waals surface area contributed by atoms with Crippen molar-refractivity contribution in [3.8, 4) is 0 Å². The molecule has 0 rings (SSSR count). The van der Waals surface area contributed by atoms with E-state index in [-0.39, 0.29) is 19.3 Å². The predicted octanol–water partition coefficient (Wildman–Crippen LogP) is 0.130. The molecule has 0 fully saturated rings. The lowest BCUT2D eigenvalue weighted by atomic mass is 10.4. The van der Waals surface area contributed by atoms with E-state index in [1.54, 1.807) is 12.2 Å². The molecular weight excluding hydrogens is 224 g/mol. The first-order chi connectivity index (χ1) is 8.24. The number of rotatable bonds is 12. The molecule has 0 spiro atoms. The van der Waals surface area contributed by atoms with Gasteiger partial charge in [-0.1, -0.05) is 12.2 Å². The molecule has 0 saturated heterocycles. The number of aliphatic hydroxyl groups is 2. The van der Waals surface area contributed by atoms with Crippen LogP contribution in [0.5, 0.6) is 0 Å². The van der Waals surface area contributed by atoms with Crippen LogP contribution in [0, 0.1) is 0 Å². The number of aliphatic hydroxyl groups excluding tert-OH is 2. The normalized spacial score (nSPS) is 14.2. The number of ether oxygens (including phenoxy) is 3. The zero-order valence-corrected chi connectivity index (χ0v) is 10.1. The lowest BCUT2D eigenvalue weighted by molar-refractivity contribution is -0.0673. The minimum Gasteiger partial charge on any atom is -0.394 e. The summed E-state index contributed by atoms with van der Waals surface area (Å²) in [5, 5.41) is 17.7. The van der Waals surface area contributed by atoms with E-state index in [0.717, 1.165) is 0 Å². The topological polar surface area (TPSA) is 68.2 Å². The minimum atomic E-state index is -0.857. The van der Waals surface area contributed by atoms with Gasteiger partial charge in [-0.15, -0.1) is 13.2 Å². The lowest BCUT2D eigenvalue weighted by Crippen LogP contribution is -2.29. The average molecular weight is 246 g/mol. The van der Waals surface area contributed by atoms with Gasteiger partial charge >= 0.3 is 0 Å². The van der Waals surface area contributed by atoms with Gasteiger partial charge in [0.2, 0.25) is 0 Å². The van der Waals surface area contributed by atoms with Crippen LogP contribution in [0.25, 0.3) is 0 Å². The minimum absolute atomic E-state index is 0.0753. The molecule has 0 aliphatic rings. The molecule has 0 radical (unpaired) electrons. The van der Waals surface area contributed by atoms with Crippen LogP contribution >= 0.6 is 0 Å². The summed E-state index contributed by atoms with van der Waals surface area (Å²) in [6.45, 7) is 8.40. The summed E-state index contributed by atoms with van der Waals surface area (Å²) >= 11 is 0. The van der Waals surface area contributed by atoms with Gasteiger partial charge in [0.1, 0.15) is 12.2 Å². The Labute approximate surface area is 102 Å². The highest BCUT2D eigenvalue weighted by Crippen LogP contribution is 1.97. The molecule has 100 valence electrons. The van der Waals surface area contributed by atoms with Gasteiger partial charge in [-0.2, -0.15) is 0 Å². The molecular formula is C12H22O5. The molecule has 0 heterocycles. The highest BCUT2D eigenvalue weighted by molar-refractivity contribution is 4.68. The first-order valence-corrected chi connectivity index (χ1v) is 5.52. The van der Waals surface area contributed by atoms with E-state index in [4.69, 9.17) is 24.4 Å². The zero-order valence-electron chi connectivity index (χ0n) is 10.1. The monoisotopic (exact) mass is 246 g/mol. The van der Waals surface area contributed by atoms with E-state index in [0.29, 0.717) is 26.4 Å². The molecule has 2 atom stereocenters. The molecule has 5 nitrogen and oxygen atoms in total. The van der Waals surface area contributed by atoms with E-state index in [2.05, 4.69) is 13.2 Å². The fourth-order valence-electron chi connectivity index (χ4n) is 1.02. The average Bonchev–Trinajstić information content (AvgIpc) is 2.35. The number of hydrogen-bond acceptors (Lipinski definition) is 5. The SMILES string of the molecule is C=CCOCC(COCC(O)CO)OCC=C. The second kappa shape index (κ2) is 11.8. The molecule has 2 unspecified atom stereocenters. The summed E-state index contributed by atoms with van der Waals surface area (Å²) in [5.74, 6) is 0. The summed E-state index contributed by atoms with van der Waals surface area (Å²) < 4.78 is 15.9. The van der Waals surface area contributed by atoms with Gasteiger partial charge in [0.05, 0.1) is 39.6 Å². The fourth-order valence-corrected chi connectivity index (χ4v) is 1.02. The van der Waals surface area contributed by atoms with Gasteiger partial charge in [-0.3, -0.25) is 0 Å². The van der Waals surface area contributed by atoms with Crippen LogP contribution in [0.3, 0.4) is 0 Å². The van der Waals surface area contributed by atoms with Crippen molar-refractivity contribution in [1.29, 1.82) is 0 Å². The van der Waals surface area contributed by atoms with Crippen LogP contribution in [0.1, 0.15) is 0 Å². The summed E-state index contributed by atoms with van der Waals surface area (Å²) in [6, 6.07) is 0. The molecule has 0 aromatic heterocycles. The molecule has 0 aliphatic heterocycles. The summed E-state index contributed by atoms with van der Waals surface area (Å²) in [7, 11) is 0. The van der Waals surface area contributed by atoms with Crippen LogP contribution in [-0.4, -0.2) is 62.1 Å². The summed E-state index contributed by atoms with van der Waals surface area (Å²) in [6.07, 6.45) is 2.22. The molecule has 0 aliphatic carbocycles. The largest absolute Gasteiger partial charge is 0.394 e. The molecule has 0 aromatic rings. The van der Waals surface area contributed by atoms with Crippen LogP contribution in [0.4, 0.5) is 0 Å². The van der Waals surface area contributed by atoms with Crippen molar-refractivity contribution < 1.29 is 24.4 Å². The Morgan fingerprint density at radius 1 is 1.00 bits per heavy atom. The second-order valence-corrected chi connectivity index (χ2v) is 3.44. The standard InChI is InChI=1S/C12H22O5/c1-3-5-15-9-12(17-6-4-2)10-16-8-11(14)7-13/h3-4,11-14H,1-2,5-10H2. The van der Waals surface area contributed by atoms with Gasteiger partial charge in [0.25, 0.3) is 0 Å². The van der Waals surface area contributed by atoms with Crippen LogP contribution in [0.2, 0.25) is 0 Å². The first-order valence-electron chi connectivity index (χ1n) is 5.52. The van der Waals surface area contributed by atoms with Crippen molar-refractivity contribution in [2.24, 2.45) is 0 Å². The van der Waals surface area contributed by atoms with Crippen molar-refractivity contribution in [1.82, 2.24) is 0 Å². The van der Waals surface area contributed by atoms with Gasteiger partial charge < -0.3 is 24.4 Å². The summed E-state index contributed by atoms with van der Waals surface area (Å²) in [5.41, 5.74) is 0. The maximum Gasteiger partial charge on any atom is 0.105 e. The van der Waals surface area contributed by atoms with E-state index in [1.807, 2.05) is 0 Å². The van der Waals surface area contributed by atoms with E-state index in [1.165, 1.54) is 0 Å². The van der Waals surface area contributed by atoms with Gasteiger partial charge in [-0.25, -0.2) is 0 Å². The Hall–Kier alpha value is -0.720. The highest BCUT2D eigenvalue weighted by atomic mass is 16.6. The predicted molar refractivity (Wildman–Crippen MR) is 64.9 cm³/mol. The Morgan fingerprint density at radius 3 is 2.24 bits per heavy atom. The quantitative estimate of drug-likeness (QED) is 0.378. The Morgan fingerprint density at radius 2 is 1.65 bits per heavy atom. The van der Waals surface area contributed by atoms with Gasteiger partial charge in [0.15, 0.2) is 0 Å². The maximum atomic E-state index is 9.08. The van der Waals surface area contributed by atoms with E-state index < -0.39 is 6.10 Å². The third-order valence-corrected chi connectivity index (χ3v) is 1.81. The molecule has 0 saturated carbocycles. The van der Waals surface area contributed by atoms with Crippen LogP contribution < -0.4 is 0 Å². The summed E-state index contributed by atoms with van der Waals surface area (Å²) in [4.78, 5) is 0. The van der Waals surface area contributed by atoms with Crippen molar-refractivity contribution in [3.05, 3.63) is 25.3 Å². The maximum absolute atomic E-state index is 9.08. The second-order valence-electron chi connectivity index (χ2n) is 3.44. The van der Waals surface area contributed by atoms with Crippen molar-refractivity contribution in [3.63, 3.8) is 0 Å². The molecule has 2 N–H and O–H groups in total. The first kappa shape index (κ1) is 16.3. The molecule has 0 amide bonds. The van der Waals surface area contributed by atoms with Crippen molar-refractivity contribution in [2.45, 2.75) is 12.2 Å². The van der Waals surface area contributed by atoms with Gasteiger partial charge in [-0.05, 0) is 0 Å².